The highest BCUT2D eigenvalue weighted by Crippen LogP contribution is 2.42. The van der Waals surface area contributed by atoms with Crippen LogP contribution in [0.5, 0.6) is 17.2 Å². The lowest BCUT2D eigenvalue weighted by atomic mass is 10.1. The van der Waals surface area contributed by atoms with Crippen molar-refractivity contribution in [1.82, 2.24) is 5.01 Å². The van der Waals surface area contributed by atoms with E-state index in [0.29, 0.717) is 39.3 Å². The first-order chi connectivity index (χ1) is 13.0. The van der Waals surface area contributed by atoms with Crippen LogP contribution in [0.15, 0.2) is 41.5 Å². The Morgan fingerprint density at radius 1 is 1.07 bits per heavy atom. The highest BCUT2D eigenvalue weighted by Gasteiger charge is 2.34. The van der Waals surface area contributed by atoms with Gasteiger partial charge in [0.1, 0.15) is 0 Å². The maximum atomic E-state index is 12.1. The van der Waals surface area contributed by atoms with Crippen molar-refractivity contribution in [2.45, 2.75) is 13.2 Å². The molecule has 0 aliphatic carbocycles. The molecule has 0 fully saturated rings. The Balaban J connectivity index is 2.01. The minimum Gasteiger partial charge on any atom is -0.493 e. The zero-order valence-corrected chi connectivity index (χ0v) is 16.1. The van der Waals surface area contributed by atoms with Crippen LogP contribution in [0, 0.1) is 0 Å². The number of benzene rings is 2. The van der Waals surface area contributed by atoms with Gasteiger partial charge >= 0.3 is 0 Å². The maximum Gasteiger partial charge on any atom is 0.243 e. The molecule has 0 saturated heterocycles. The molecule has 1 heterocycles. The minimum absolute atomic E-state index is 0.266. The molecule has 0 spiro atoms. The average molecular weight is 391 g/mol. The van der Waals surface area contributed by atoms with Gasteiger partial charge in [-0.2, -0.15) is 5.01 Å². The molecule has 0 aromatic heterocycles. The van der Waals surface area contributed by atoms with Gasteiger partial charge in [0, 0.05) is 23.1 Å². The fourth-order valence-corrected chi connectivity index (χ4v) is 2.86. The van der Waals surface area contributed by atoms with E-state index >= 15 is 0 Å². The van der Waals surface area contributed by atoms with E-state index in [1.165, 1.54) is 33.3 Å². The summed E-state index contributed by atoms with van der Waals surface area (Å²) < 4.78 is 22.1. The van der Waals surface area contributed by atoms with Crippen LogP contribution in [0.2, 0.25) is 5.02 Å². The summed E-state index contributed by atoms with van der Waals surface area (Å²) in [4.78, 5) is 12.1. The molecular weight excluding hydrogens is 372 g/mol. The van der Waals surface area contributed by atoms with Crippen LogP contribution in [0.1, 0.15) is 24.3 Å². The molecule has 1 amide bonds. The molecule has 2 aromatic carbocycles. The van der Waals surface area contributed by atoms with Gasteiger partial charge < -0.3 is 18.9 Å². The van der Waals surface area contributed by atoms with Crippen molar-refractivity contribution in [3.63, 3.8) is 0 Å². The maximum absolute atomic E-state index is 12.1. The molecular formula is C19H19ClN2O5. The molecule has 0 saturated carbocycles. The Hall–Kier alpha value is -2.93. The van der Waals surface area contributed by atoms with Crippen LogP contribution in [0.4, 0.5) is 0 Å². The Morgan fingerprint density at radius 3 is 2.15 bits per heavy atom. The van der Waals surface area contributed by atoms with Gasteiger partial charge in [0.05, 0.1) is 21.3 Å². The Kier molecular flexibility index (Phi) is 5.41. The second kappa shape index (κ2) is 7.75. The lowest BCUT2D eigenvalue weighted by Gasteiger charge is -2.21. The standard InChI is InChI=1S/C19H19ClN2O5/c1-11(23)22-19(27-18(21-22)12-5-7-14(20)8-6-12)13-9-15(24-2)17(26-4)16(10-13)25-3/h5-10,19H,1-4H3/t19-/m1/s1. The van der Waals surface area contributed by atoms with E-state index in [2.05, 4.69) is 5.10 Å². The van der Waals surface area contributed by atoms with Crippen molar-refractivity contribution in [1.29, 1.82) is 0 Å². The number of hydrazone groups is 1. The van der Waals surface area contributed by atoms with Crippen molar-refractivity contribution in [2.24, 2.45) is 5.10 Å². The topological polar surface area (TPSA) is 69.6 Å². The number of carbonyl (C=O) groups is 1. The minimum atomic E-state index is -0.762. The van der Waals surface area contributed by atoms with Crippen molar-refractivity contribution in [3.05, 3.63) is 52.5 Å². The Labute approximate surface area is 162 Å². The molecule has 2 aromatic rings. The number of rotatable bonds is 5. The number of hydrogen-bond acceptors (Lipinski definition) is 6. The fourth-order valence-electron chi connectivity index (χ4n) is 2.74. The lowest BCUT2D eigenvalue weighted by molar-refractivity contribution is -0.135. The van der Waals surface area contributed by atoms with Gasteiger partial charge in [0.2, 0.25) is 23.8 Å². The van der Waals surface area contributed by atoms with E-state index in [4.69, 9.17) is 30.5 Å². The molecule has 0 bridgehead atoms. The van der Waals surface area contributed by atoms with E-state index in [0.717, 1.165) is 0 Å². The summed E-state index contributed by atoms with van der Waals surface area (Å²) in [6.07, 6.45) is -0.762. The highest BCUT2D eigenvalue weighted by atomic mass is 35.5. The average Bonchev–Trinajstić information content (AvgIpc) is 3.13. The number of hydrogen-bond donors (Lipinski definition) is 0. The molecule has 142 valence electrons. The van der Waals surface area contributed by atoms with Gasteiger partial charge in [0.25, 0.3) is 0 Å². The molecule has 0 unspecified atom stereocenters. The van der Waals surface area contributed by atoms with Crippen molar-refractivity contribution < 1.29 is 23.7 Å². The third kappa shape index (κ3) is 3.64. The predicted molar refractivity (Wildman–Crippen MR) is 100 cm³/mol. The van der Waals surface area contributed by atoms with Gasteiger partial charge in [-0.25, -0.2) is 0 Å². The number of carbonyl (C=O) groups excluding carboxylic acids is 1. The second-order valence-corrected chi connectivity index (χ2v) is 6.14. The highest BCUT2D eigenvalue weighted by molar-refractivity contribution is 6.30. The summed E-state index contributed by atoms with van der Waals surface area (Å²) in [5.41, 5.74) is 1.34. The smallest absolute Gasteiger partial charge is 0.243 e. The van der Waals surface area contributed by atoms with Crippen LogP contribution < -0.4 is 14.2 Å². The third-order valence-electron chi connectivity index (χ3n) is 4.03. The zero-order valence-electron chi connectivity index (χ0n) is 15.4. The number of methoxy groups -OCH3 is 3. The SMILES string of the molecule is COc1cc([C@H]2OC(c3ccc(Cl)cc3)=NN2C(C)=O)cc(OC)c1OC. The van der Waals surface area contributed by atoms with Crippen LogP contribution in [0.25, 0.3) is 0 Å². The summed E-state index contributed by atoms with van der Waals surface area (Å²) in [7, 11) is 4.57. The molecule has 1 aliphatic rings. The number of amides is 1. The van der Waals surface area contributed by atoms with E-state index in [1.807, 2.05) is 0 Å². The summed E-state index contributed by atoms with van der Waals surface area (Å²) >= 11 is 5.93. The third-order valence-corrected chi connectivity index (χ3v) is 4.28. The van der Waals surface area contributed by atoms with E-state index in [-0.39, 0.29) is 5.91 Å². The van der Waals surface area contributed by atoms with Gasteiger partial charge in [-0.15, -0.1) is 5.10 Å². The van der Waals surface area contributed by atoms with E-state index < -0.39 is 6.23 Å². The molecule has 27 heavy (non-hydrogen) atoms. The second-order valence-electron chi connectivity index (χ2n) is 5.70. The van der Waals surface area contributed by atoms with Crippen molar-refractivity contribution >= 4 is 23.4 Å². The molecule has 3 rings (SSSR count). The first-order valence-electron chi connectivity index (χ1n) is 8.09. The fraction of sp³-hybridized carbons (Fsp3) is 0.263. The van der Waals surface area contributed by atoms with Crippen molar-refractivity contribution in [3.8, 4) is 17.2 Å². The Bertz CT molecular complexity index is 857. The summed E-state index contributed by atoms with van der Waals surface area (Å²) in [5, 5.41) is 6.19. The predicted octanol–water partition coefficient (Wildman–Crippen LogP) is 3.60. The molecule has 7 nitrogen and oxygen atoms in total. The molecule has 1 aliphatic heterocycles. The monoisotopic (exact) mass is 390 g/mol. The van der Waals surface area contributed by atoms with Gasteiger partial charge in [-0.05, 0) is 36.4 Å². The number of halogens is 1. The summed E-state index contributed by atoms with van der Waals surface area (Å²) in [5.74, 6) is 1.42. The number of nitrogens with zero attached hydrogens (tertiary/aromatic N) is 2. The summed E-state index contributed by atoms with van der Waals surface area (Å²) in [6.45, 7) is 1.42. The number of ether oxygens (including phenoxy) is 4. The van der Waals surface area contributed by atoms with Crippen LogP contribution in [0.3, 0.4) is 0 Å². The largest absolute Gasteiger partial charge is 0.493 e. The molecule has 0 N–H and O–H groups in total. The van der Waals surface area contributed by atoms with Crippen LogP contribution in [-0.4, -0.2) is 38.1 Å². The van der Waals surface area contributed by atoms with Crippen molar-refractivity contribution in [2.75, 3.05) is 21.3 Å². The molecule has 8 heteroatoms. The zero-order chi connectivity index (χ0) is 19.6. The van der Waals surface area contributed by atoms with Crippen LogP contribution in [-0.2, 0) is 9.53 Å². The molecule has 0 radical (unpaired) electrons. The lowest BCUT2D eigenvalue weighted by Crippen LogP contribution is -2.25. The van der Waals surface area contributed by atoms with E-state index in [1.54, 1.807) is 36.4 Å². The van der Waals surface area contributed by atoms with Crippen LogP contribution >= 0.6 is 11.6 Å². The Morgan fingerprint density at radius 2 is 1.67 bits per heavy atom. The summed E-state index contributed by atoms with van der Waals surface area (Å²) in [6, 6.07) is 10.5. The first-order valence-corrected chi connectivity index (χ1v) is 8.47. The van der Waals surface area contributed by atoms with Gasteiger partial charge in [0.15, 0.2) is 11.5 Å². The van der Waals surface area contributed by atoms with Gasteiger partial charge in [-0.1, -0.05) is 11.6 Å². The normalized spacial score (nSPS) is 15.8. The quantitative estimate of drug-likeness (QED) is 0.780. The molecule has 1 atom stereocenters. The van der Waals surface area contributed by atoms with E-state index in [9.17, 15) is 4.79 Å². The van der Waals surface area contributed by atoms with Gasteiger partial charge in [-0.3, -0.25) is 4.79 Å². The first kappa shape index (κ1) is 18.8.